The predicted octanol–water partition coefficient (Wildman–Crippen LogP) is 5.56. The number of halogens is 4. The maximum Gasteiger partial charge on any atom is 0.416 e. The summed E-state index contributed by atoms with van der Waals surface area (Å²) < 4.78 is 63.9. The molecule has 0 aliphatic carbocycles. The number of benzene rings is 3. The Hall–Kier alpha value is -4.45. The van der Waals surface area contributed by atoms with Gasteiger partial charge in [-0.3, -0.25) is 0 Å². The lowest BCUT2D eigenvalue weighted by Crippen LogP contribution is -2.20. The fourth-order valence-electron chi connectivity index (χ4n) is 3.17. The summed E-state index contributed by atoms with van der Waals surface area (Å²) in [5.74, 6) is -0.0426. The standard InChI is InChI=1S/C24H19F4N5O3/c25-15-9-17(32-23(34)31-16-3-1-2-14(8-16)24(26,27)28)11-19(10-15)36-18-4-5-20-21(12-18)33-22(13-30-20)35-7-6-29/h1-5,8-13H,6-7,29H2,(H2,31,32,34). The number of carbonyl (C=O) groups excluding carboxylic acids is 1. The van der Waals surface area contributed by atoms with E-state index in [1.54, 1.807) is 18.2 Å². The first kappa shape index (κ1) is 24.7. The van der Waals surface area contributed by atoms with Gasteiger partial charge in [0.1, 0.15) is 23.9 Å². The van der Waals surface area contributed by atoms with Crippen molar-refractivity contribution < 1.29 is 31.8 Å². The fourth-order valence-corrected chi connectivity index (χ4v) is 3.17. The predicted molar refractivity (Wildman–Crippen MR) is 125 cm³/mol. The summed E-state index contributed by atoms with van der Waals surface area (Å²) in [6.07, 6.45) is -3.09. The highest BCUT2D eigenvalue weighted by atomic mass is 19.4. The Labute approximate surface area is 202 Å². The highest BCUT2D eigenvalue weighted by Crippen LogP contribution is 2.31. The number of carbonyl (C=O) groups is 1. The quantitative estimate of drug-likeness (QED) is 0.286. The van der Waals surface area contributed by atoms with E-state index >= 15 is 0 Å². The highest BCUT2D eigenvalue weighted by molar-refractivity contribution is 5.99. The number of amides is 2. The van der Waals surface area contributed by atoms with Gasteiger partial charge in [0.2, 0.25) is 5.88 Å². The van der Waals surface area contributed by atoms with Crippen molar-refractivity contribution in [2.45, 2.75) is 6.18 Å². The molecule has 0 saturated heterocycles. The molecule has 4 aromatic rings. The zero-order valence-electron chi connectivity index (χ0n) is 18.5. The monoisotopic (exact) mass is 501 g/mol. The summed E-state index contributed by atoms with van der Waals surface area (Å²) in [4.78, 5) is 20.8. The number of nitrogens with two attached hydrogens (primary N) is 1. The number of ether oxygens (including phenoxy) is 2. The van der Waals surface area contributed by atoms with Crippen molar-refractivity contribution in [2.75, 3.05) is 23.8 Å². The lowest BCUT2D eigenvalue weighted by atomic mass is 10.2. The minimum Gasteiger partial charge on any atom is -0.475 e. The van der Waals surface area contributed by atoms with Crippen LogP contribution in [-0.2, 0) is 6.18 Å². The average molecular weight is 501 g/mol. The van der Waals surface area contributed by atoms with E-state index < -0.39 is 23.6 Å². The minimum atomic E-state index is -4.56. The van der Waals surface area contributed by atoms with Gasteiger partial charge < -0.3 is 25.8 Å². The van der Waals surface area contributed by atoms with E-state index in [0.717, 1.165) is 30.3 Å². The third-order valence-electron chi connectivity index (χ3n) is 4.67. The second-order valence-corrected chi connectivity index (χ2v) is 7.43. The van der Waals surface area contributed by atoms with Crippen LogP contribution < -0.4 is 25.8 Å². The van der Waals surface area contributed by atoms with Crippen molar-refractivity contribution in [1.29, 1.82) is 0 Å². The summed E-state index contributed by atoms with van der Waals surface area (Å²) in [6, 6.07) is 11.6. The summed E-state index contributed by atoms with van der Waals surface area (Å²) in [5, 5.41) is 4.66. The number of nitrogens with zero attached hydrogens (tertiary/aromatic N) is 2. The molecule has 0 saturated carbocycles. The number of hydrogen-bond acceptors (Lipinski definition) is 6. The van der Waals surface area contributed by atoms with Crippen LogP contribution in [0.3, 0.4) is 0 Å². The molecular formula is C24H19F4N5O3. The summed E-state index contributed by atoms with van der Waals surface area (Å²) in [5.41, 5.74) is 5.49. The Balaban J connectivity index is 1.47. The number of rotatable bonds is 7. The van der Waals surface area contributed by atoms with Gasteiger partial charge in [0, 0.05) is 36.1 Å². The molecule has 0 unspecified atom stereocenters. The van der Waals surface area contributed by atoms with Crippen LogP contribution in [0.2, 0.25) is 0 Å². The number of alkyl halides is 3. The molecule has 0 radical (unpaired) electrons. The first-order valence-corrected chi connectivity index (χ1v) is 10.5. The van der Waals surface area contributed by atoms with E-state index in [1.165, 1.54) is 18.3 Å². The number of fused-ring (bicyclic) bond motifs is 1. The first-order chi connectivity index (χ1) is 17.2. The Bertz CT molecular complexity index is 1400. The smallest absolute Gasteiger partial charge is 0.416 e. The lowest BCUT2D eigenvalue weighted by Gasteiger charge is -2.12. The Morgan fingerprint density at radius 1 is 0.944 bits per heavy atom. The van der Waals surface area contributed by atoms with Crippen LogP contribution >= 0.6 is 0 Å². The SMILES string of the molecule is NCCOc1cnc2ccc(Oc3cc(F)cc(NC(=O)Nc4cccc(C(F)(F)F)c4)c3)cc2n1. The van der Waals surface area contributed by atoms with Crippen LogP contribution in [0, 0.1) is 5.82 Å². The topological polar surface area (TPSA) is 111 Å². The van der Waals surface area contributed by atoms with E-state index in [1.807, 2.05) is 0 Å². The van der Waals surface area contributed by atoms with E-state index in [9.17, 15) is 22.4 Å². The van der Waals surface area contributed by atoms with Crippen molar-refractivity contribution >= 4 is 28.4 Å². The number of aromatic nitrogens is 2. The third kappa shape index (κ3) is 6.36. The van der Waals surface area contributed by atoms with Crippen molar-refractivity contribution in [3.05, 3.63) is 78.2 Å². The molecule has 0 bridgehead atoms. The second kappa shape index (κ2) is 10.4. The molecule has 4 N–H and O–H groups in total. The van der Waals surface area contributed by atoms with Crippen LogP contribution in [0.25, 0.3) is 11.0 Å². The molecule has 3 aromatic carbocycles. The van der Waals surface area contributed by atoms with Crippen molar-refractivity contribution in [1.82, 2.24) is 9.97 Å². The van der Waals surface area contributed by atoms with Gasteiger partial charge in [-0.2, -0.15) is 13.2 Å². The zero-order valence-corrected chi connectivity index (χ0v) is 18.5. The van der Waals surface area contributed by atoms with Crippen molar-refractivity contribution in [2.24, 2.45) is 5.73 Å². The number of hydrogen-bond donors (Lipinski definition) is 3. The Kier molecular flexibility index (Phi) is 7.15. The van der Waals surface area contributed by atoms with E-state index in [4.69, 9.17) is 15.2 Å². The van der Waals surface area contributed by atoms with Crippen LogP contribution in [0.4, 0.5) is 33.7 Å². The maximum atomic E-state index is 14.2. The summed E-state index contributed by atoms with van der Waals surface area (Å²) >= 11 is 0. The fraction of sp³-hybridized carbons (Fsp3) is 0.125. The molecule has 0 fully saturated rings. The molecule has 1 heterocycles. The van der Waals surface area contributed by atoms with Crippen molar-refractivity contribution in [3.8, 4) is 17.4 Å². The molecule has 12 heteroatoms. The van der Waals surface area contributed by atoms with Gasteiger partial charge in [-0.05, 0) is 36.4 Å². The molecule has 186 valence electrons. The summed E-state index contributed by atoms with van der Waals surface area (Å²) in [7, 11) is 0. The molecule has 4 rings (SSSR count). The molecule has 36 heavy (non-hydrogen) atoms. The van der Waals surface area contributed by atoms with E-state index in [-0.39, 0.29) is 29.6 Å². The lowest BCUT2D eigenvalue weighted by molar-refractivity contribution is -0.137. The molecule has 0 aliphatic heterocycles. The highest BCUT2D eigenvalue weighted by Gasteiger charge is 2.30. The molecule has 8 nitrogen and oxygen atoms in total. The third-order valence-corrected chi connectivity index (χ3v) is 4.67. The van der Waals surface area contributed by atoms with Crippen LogP contribution in [0.5, 0.6) is 17.4 Å². The van der Waals surface area contributed by atoms with E-state index in [2.05, 4.69) is 20.6 Å². The number of nitrogens with one attached hydrogen (secondary N) is 2. The van der Waals surface area contributed by atoms with Gasteiger partial charge in [0.25, 0.3) is 0 Å². The van der Waals surface area contributed by atoms with Crippen LogP contribution in [0.15, 0.2) is 66.9 Å². The van der Waals surface area contributed by atoms with Gasteiger partial charge in [-0.1, -0.05) is 6.07 Å². The van der Waals surface area contributed by atoms with Gasteiger partial charge in [0.15, 0.2) is 0 Å². The number of urea groups is 1. The molecule has 2 amide bonds. The number of anilines is 2. The first-order valence-electron chi connectivity index (χ1n) is 10.5. The van der Waals surface area contributed by atoms with Crippen LogP contribution in [0.1, 0.15) is 5.56 Å². The van der Waals surface area contributed by atoms with E-state index in [0.29, 0.717) is 23.3 Å². The summed E-state index contributed by atoms with van der Waals surface area (Å²) in [6.45, 7) is 0.591. The minimum absolute atomic E-state index is 0.0209. The van der Waals surface area contributed by atoms with Gasteiger partial charge in [-0.15, -0.1) is 0 Å². The largest absolute Gasteiger partial charge is 0.475 e. The molecule has 0 atom stereocenters. The Morgan fingerprint density at radius 2 is 1.75 bits per heavy atom. The second-order valence-electron chi connectivity index (χ2n) is 7.43. The van der Waals surface area contributed by atoms with Crippen LogP contribution in [-0.4, -0.2) is 29.2 Å². The maximum absolute atomic E-state index is 14.2. The molecular weight excluding hydrogens is 482 g/mol. The average Bonchev–Trinajstić information content (AvgIpc) is 2.81. The van der Waals surface area contributed by atoms with Crippen molar-refractivity contribution in [3.63, 3.8) is 0 Å². The Morgan fingerprint density at radius 3 is 2.53 bits per heavy atom. The van der Waals surface area contributed by atoms with Gasteiger partial charge in [0.05, 0.1) is 22.8 Å². The molecule has 0 spiro atoms. The molecule has 0 aliphatic rings. The normalized spacial score (nSPS) is 11.2. The molecule has 1 aromatic heterocycles. The van der Waals surface area contributed by atoms with Gasteiger partial charge in [-0.25, -0.2) is 19.2 Å². The van der Waals surface area contributed by atoms with Gasteiger partial charge >= 0.3 is 12.2 Å². The zero-order chi connectivity index (χ0) is 25.7.